The molecule has 2 aliphatic rings. The Kier molecular flexibility index (Phi) is 7.78. The molecule has 1 saturated heterocycles. The van der Waals surface area contributed by atoms with Gasteiger partial charge in [-0.1, -0.05) is 48.0 Å². The lowest BCUT2D eigenvalue weighted by Crippen LogP contribution is -2.44. The van der Waals surface area contributed by atoms with Gasteiger partial charge >= 0.3 is 0 Å². The van der Waals surface area contributed by atoms with Crippen molar-refractivity contribution in [3.63, 3.8) is 0 Å². The topological polar surface area (TPSA) is 76.5 Å². The van der Waals surface area contributed by atoms with E-state index in [4.69, 9.17) is 9.84 Å². The summed E-state index contributed by atoms with van der Waals surface area (Å²) in [5, 5.41) is 12.3. The Bertz CT molecular complexity index is 1510. The molecule has 0 radical (unpaired) electrons. The monoisotopic (exact) mass is 572 g/mol. The van der Waals surface area contributed by atoms with Crippen LogP contribution < -0.4 is 10.2 Å². The number of aromatic nitrogens is 2. The van der Waals surface area contributed by atoms with Crippen LogP contribution in [0.1, 0.15) is 40.3 Å². The number of thioether (sulfide) groups is 1. The average Bonchev–Trinajstić information content (AvgIpc) is 3.72. The van der Waals surface area contributed by atoms with Gasteiger partial charge in [0, 0.05) is 24.3 Å². The van der Waals surface area contributed by atoms with E-state index in [1.54, 1.807) is 28.0 Å². The number of hydrogen-bond acceptors (Lipinski definition) is 6. The molecule has 4 heterocycles. The second kappa shape index (κ2) is 11.6. The predicted molar refractivity (Wildman–Crippen MR) is 161 cm³/mol. The molecule has 4 aromatic rings. The van der Waals surface area contributed by atoms with Crippen molar-refractivity contribution in [3.05, 3.63) is 87.6 Å². The molecular formula is C31H32N4O3S2. The highest BCUT2D eigenvalue weighted by Crippen LogP contribution is 2.49. The molecule has 2 atom stereocenters. The quantitative estimate of drug-likeness (QED) is 0.308. The van der Waals surface area contributed by atoms with Gasteiger partial charge in [0.15, 0.2) is 0 Å². The number of ether oxygens (including phenoxy) is 1. The SMILES string of the molecule is Cc1ccc(-n2nc(-c3ccccc3)c3c2N(CC(=O)NC[C@H]2CCCO2)C(=O)CS[C@H]3c2ccsc2)c(C)c1. The molecule has 9 heteroatoms. The maximum atomic E-state index is 13.8. The minimum atomic E-state index is -0.205. The summed E-state index contributed by atoms with van der Waals surface area (Å²) in [5.41, 5.74) is 6.95. The molecular weight excluding hydrogens is 541 g/mol. The molecule has 7 nitrogen and oxygen atoms in total. The normalized spacial score (nSPS) is 18.9. The van der Waals surface area contributed by atoms with E-state index in [0.717, 1.165) is 58.6 Å². The number of hydrogen-bond donors (Lipinski definition) is 1. The van der Waals surface area contributed by atoms with Crippen molar-refractivity contribution in [2.75, 3.05) is 30.3 Å². The summed E-state index contributed by atoms with van der Waals surface area (Å²) in [6.07, 6.45) is 1.97. The third kappa shape index (κ3) is 5.33. The highest BCUT2D eigenvalue weighted by Gasteiger charge is 2.38. The van der Waals surface area contributed by atoms with E-state index >= 15 is 0 Å². The summed E-state index contributed by atoms with van der Waals surface area (Å²) in [5.74, 6) is 0.601. The molecule has 206 valence electrons. The van der Waals surface area contributed by atoms with E-state index in [9.17, 15) is 9.59 Å². The fourth-order valence-electron chi connectivity index (χ4n) is 5.46. The molecule has 1 fully saturated rings. The van der Waals surface area contributed by atoms with Gasteiger partial charge in [0.2, 0.25) is 11.8 Å². The van der Waals surface area contributed by atoms with Crippen molar-refractivity contribution in [1.82, 2.24) is 15.1 Å². The van der Waals surface area contributed by atoms with Gasteiger partial charge in [-0.25, -0.2) is 4.68 Å². The molecule has 1 N–H and O–H groups in total. The second-order valence-corrected chi connectivity index (χ2v) is 12.2. The average molecular weight is 573 g/mol. The number of nitrogens with one attached hydrogen (secondary N) is 1. The number of amides is 2. The molecule has 0 unspecified atom stereocenters. The Morgan fingerprint density at radius 3 is 2.73 bits per heavy atom. The number of benzene rings is 2. The van der Waals surface area contributed by atoms with Crippen LogP contribution in [0.15, 0.2) is 65.4 Å². The number of aryl methyl sites for hydroxylation is 2. The third-order valence-corrected chi connectivity index (χ3v) is 9.37. The first-order valence-electron chi connectivity index (χ1n) is 13.6. The van der Waals surface area contributed by atoms with Crippen molar-refractivity contribution >= 4 is 40.7 Å². The fourth-order valence-corrected chi connectivity index (χ4v) is 7.42. The second-order valence-electron chi connectivity index (χ2n) is 10.3. The van der Waals surface area contributed by atoms with E-state index in [1.165, 1.54) is 0 Å². The lowest BCUT2D eigenvalue weighted by atomic mass is 10.0. The van der Waals surface area contributed by atoms with Gasteiger partial charge in [-0.05, 0) is 60.7 Å². The number of rotatable bonds is 7. The molecule has 2 aliphatic heterocycles. The van der Waals surface area contributed by atoms with E-state index in [1.807, 2.05) is 28.9 Å². The molecule has 2 aromatic carbocycles. The van der Waals surface area contributed by atoms with Gasteiger partial charge in [-0.3, -0.25) is 14.5 Å². The zero-order valence-electron chi connectivity index (χ0n) is 22.6. The van der Waals surface area contributed by atoms with E-state index < -0.39 is 0 Å². The van der Waals surface area contributed by atoms with Gasteiger partial charge in [-0.15, -0.1) is 11.8 Å². The first-order chi connectivity index (χ1) is 19.5. The first kappa shape index (κ1) is 26.8. The highest BCUT2D eigenvalue weighted by atomic mass is 32.2. The van der Waals surface area contributed by atoms with Gasteiger partial charge in [0.1, 0.15) is 12.4 Å². The van der Waals surface area contributed by atoms with Crippen LogP contribution in [0.2, 0.25) is 0 Å². The van der Waals surface area contributed by atoms with Crippen LogP contribution in [-0.2, 0) is 14.3 Å². The number of nitrogens with zero attached hydrogens (tertiary/aromatic N) is 3. The van der Waals surface area contributed by atoms with E-state index in [0.29, 0.717) is 12.4 Å². The maximum absolute atomic E-state index is 13.8. The fraction of sp³-hybridized carbons (Fsp3) is 0.323. The van der Waals surface area contributed by atoms with Crippen LogP contribution in [0.25, 0.3) is 16.9 Å². The summed E-state index contributed by atoms with van der Waals surface area (Å²) in [6, 6.07) is 18.4. The Hall–Kier alpha value is -3.40. The number of fused-ring (bicyclic) bond motifs is 1. The summed E-state index contributed by atoms with van der Waals surface area (Å²) < 4.78 is 7.56. The van der Waals surface area contributed by atoms with E-state index in [2.05, 4.69) is 60.3 Å². The van der Waals surface area contributed by atoms with Crippen molar-refractivity contribution < 1.29 is 14.3 Å². The number of thiophene rings is 1. The molecule has 2 aromatic heterocycles. The van der Waals surface area contributed by atoms with Crippen LogP contribution in [0.5, 0.6) is 0 Å². The summed E-state index contributed by atoms with van der Waals surface area (Å²) >= 11 is 3.23. The number of carbonyl (C=O) groups excluding carboxylic acids is 2. The lowest BCUT2D eigenvalue weighted by molar-refractivity contribution is -0.123. The van der Waals surface area contributed by atoms with Crippen molar-refractivity contribution in [2.24, 2.45) is 0 Å². The van der Waals surface area contributed by atoms with Crippen LogP contribution in [0, 0.1) is 13.8 Å². The Morgan fingerprint density at radius 1 is 1.15 bits per heavy atom. The van der Waals surface area contributed by atoms with Gasteiger partial charge in [-0.2, -0.15) is 16.4 Å². The van der Waals surface area contributed by atoms with E-state index in [-0.39, 0.29) is 35.5 Å². The highest BCUT2D eigenvalue weighted by molar-refractivity contribution is 8.00. The smallest absolute Gasteiger partial charge is 0.240 e. The van der Waals surface area contributed by atoms with Crippen LogP contribution in [0.4, 0.5) is 5.82 Å². The minimum Gasteiger partial charge on any atom is -0.376 e. The third-order valence-electron chi connectivity index (χ3n) is 7.42. The molecule has 0 saturated carbocycles. The predicted octanol–water partition coefficient (Wildman–Crippen LogP) is 5.68. The summed E-state index contributed by atoms with van der Waals surface area (Å²) in [4.78, 5) is 28.7. The summed E-state index contributed by atoms with van der Waals surface area (Å²) in [6.45, 7) is 5.22. The Balaban J connectivity index is 1.52. The van der Waals surface area contributed by atoms with Crippen LogP contribution >= 0.6 is 23.1 Å². The number of anilines is 1. The lowest BCUT2D eigenvalue weighted by Gasteiger charge is -2.24. The zero-order chi connectivity index (χ0) is 27.6. The molecule has 6 rings (SSSR count). The van der Waals surface area contributed by atoms with Gasteiger partial charge in [0.05, 0.1) is 28.5 Å². The van der Waals surface area contributed by atoms with Crippen molar-refractivity contribution in [2.45, 2.75) is 38.0 Å². The standard InChI is InChI=1S/C31H32N4O3S2/c1-20-10-11-25(21(2)15-20)35-31-28(29(33-35)22-7-4-3-5-8-22)30(23-12-14-39-18-23)40-19-27(37)34(31)17-26(36)32-16-24-9-6-13-38-24/h3-5,7-8,10-12,14-15,18,24,30H,6,9,13,16-17,19H2,1-2H3,(H,32,36)/t24-,30+/m1/s1. The van der Waals surface area contributed by atoms with Crippen molar-refractivity contribution in [1.29, 1.82) is 0 Å². The molecule has 0 bridgehead atoms. The molecule has 2 amide bonds. The number of carbonyl (C=O) groups is 2. The summed E-state index contributed by atoms with van der Waals surface area (Å²) in [7, 11) is 0. The maximum Gasteiger partial charge on any atom is 0.240 e. The van der Waals surface area contributed by atoms with Crippen LogP contribution in [0.3, 0.4) is 0 Å². The first-order valence-corrected chi connectivity index (χ1v) is 15.6. The largest absolute Gasteiger partial charge is 0.376 e. The Labute approximate surface area is 242 Å². The van der Waals surface area contributed by atoms with Gasteiger partial charge in [0.25, 0.3) is 0 Å². The molecule has 0 aliphatic carbocycles. The minimum absolute atomic E-state index is 0.0308. The zero-order valence-corrected chi connectivity index (χ0v) is 24.3. The van der Waals surface area contributed by atoms with Gasteiger partial charge < -0.3 is 10.1 Å². The molecule has 0 spiro atoms. The van der Waals surface area contributed by atoms with Crippen molar-refractivity contribution in [3.8, 4) is 16.9 Å². The van der Waals surface area contributed by atoms with Crippen LogP contribution in [-0.4, -0.2) is 53.1 Å². The Morgan fingerprint density at radius 2 is 2.00 bits per heavy atom. The molecule has 40 heavy (non-hydrogen) atoms.